The molecule has 1 aromatic rings. The summed E-state index contributed by atoms with van der Waals surface area (Å²) in [6.45, 7) is 3.46. The van der Waals surface area contributed by atoms with E-state index in [1.54, 1.807) is 16.9 Å². The van der Waals surface area contributed by atoms with Gasteiger partial charge in [0.2, 0.25) is 0 Å². The van der Waals surface area contributed by atoms with Gasteiger partial charge in [-0.3, -0.25) is 0 Å². The summed E-state index contributed by atoms with van der Waals surface area (Å²) in [4.78, 5) is 29.0. The Balaban J connectivity index is 1.67. The molecule has 34 heavy (non-hydrogen) atoms. The summed E-state index contributed by atoms with van der Waals surface area (Å²) >= 11 is 0. The van der Waals surface area contributed by atoms with Crippen molar-refractivity contribution in [3.8, 4) is 5.75 Å². The fraction of sp³-hybridized carbons (Fsp3) is 0.636. The summed E-state index contributed by atoms with van der Waals surface area (Å²) in [6, 6.07) is 1.95. The summed E-state index contributed by atoms with van der Waals surface area (Å²) in [6.07, 6.45) is -2.60. The average molecular weight is 490 g/mol. The second kappa shape index (κ2) is 11.1. The Morgan fingerprint density at radius 1 is 1.18 bits per heavy atom. The number of hydrogen-bond acceptors (Lipinski definition) is 4. The highest BCUT2D eigenvalue weighted by Crippen LogP contribution is 2.33. The summed E-state index contributed by atoms with van der Waals surface area (Å²) in [5.41, 5.74) is 0.0310. The van der Waals surface area contributed by atoms with Gasteiger partial charge in [-0.15, -0.1) is 13.2 Å². The van der Waals surface area contributed by atoms with Crippen LogP contribution in [-0.2, 0) is 11.3 Å². The molecule has 8 nitrogen and oxygen atoms in total. The summed E-state index contributed by atoms with van der Waals surface area (Å²) in [5.74, 6) is -1.53. The Morgan fingerprint density at radius 2 is 1.91 bits per heavy atom. The van der Waals surface area contributed by atoms with E-state index in [0.717, 1.165) is 25.0 Å². The van der Waals surface area contributed by atoms with Crippen molar-refractivity contribution < 1.29 is 36.6 Å². The number of benzene rings is 1. The van der Waals surface area contributed by atoms with Gasteiger partial charge in [0.1, 0.15) is 11.6 Å². The van der Waals surface area contributed by atoms with E-state index >= 15 is 0 Å². The molecule has 0 radical (unpaired) electrons. The highest BCUT2D eigenvalue weighted by Gasteiger charge is 2.42. The fourth-order valence-electron chi connectivity index (χ4n) is 4.27. The van der Waals surface area contributed by atoms with E-state index in [2.05, 4.69) is 15.4 Å². The van der Waals surface area contributed by atoms with Gasteiger partial charge < -0.3 is 29.9 Å². The number of amides is 4. The molecule has 2 aliphatic rings. The van der Waals surface area contributed by atoms with Crippen LogP contribution in [0.5, 0.6) is 5.75 Å². The molecule has 190 valence electrons. The van der Waals surface area contributed by atoms with Gasteiger partial charge in [-0.25, -0.2) is 14.0 Å². The van der Waals surface area contributed by atoms with Gasteiger partial charge in [0.25, 0.3) is 0 Å². The number of carbonyl (C=O) groups is 2. The summed E-state index contributed by atoms with van der Waals surface area (Å²) in [5, 5.41) is 5.46. The van der Waals surface area contributed by atoms with Crippen LogP contribution in [0.1, 0.15) is 31.7 Å². The Kier molecular flexibility index (Phi) is 8.45. The number of nitrogens with one attached hydrogen (secondary N) is 2. The monoisotopic (exact) mass is 490 g/mol. The second-order valence-electron chi connectivity index (χ2n) is 8.55. The Labute approximate surface area is 195 Å². The van der Waals surface area contributed by atoms with E-state index in [1.165, 1.54) is 0 Å². The SMILES string of the molecule is CCNC(=O)N1C[C@H](COC)C[C@H](N(C(=O)NCc2ccc(OC(F)(F)F)cc2F)C2CC2)C1. The maximum absolute atomic E-state index is 14.3. The fourth-order valence-corrected chi connectivity index (χ4v) is 4.27. The Morgan fingerprint density at radius 3 is 2.50 bits per heavy atom. The molecule has 0 aromatic heterocycles. The Hall–Kier alpha value is -2.76. The van der Waals surface area contributed by atoms with Crippen molar-refractivity contribution in [1.29, 1.82) is 0 Å². The highest BCUT2D eigenvalue weighted by atomic mass is 19.4. The van der Waals surface area contributed by atoms with Crippen LogP contribution < -0.4 is 15.4 Å². The van der Waals surface area contributed by atoms with Crippen molar-refractivity contribution in [3.05, 3.63) is 29.6 Å². The van der Waals surface area contributed by atoms with Gasteiger partial charge in [0, 0.05) is 56.9 Å². The predicted molar refractivity (Wildman–Crippen MR) is 115 cm³/mol. The van der Waals surface area contributed by atoms with Crippen LogP contribution in [0.4, 0.5) is 27.2 Å². The molecule has 1 aliphatic heterocycles. The minimum absolute atomic E-state index is 0.0230. The van der Waals surface area contributed by atoms with Crippen molar-refractivity contribution in [2.45, 2.75) is 51.2 Å². The smallest absolute Gasteiger partial charge is 0.406 e. The van der Waals surface area contributed by atoms with Crippen LogP contribution in [-0.4, -0.2) is 73.7 Å². The maximum Gasteiger partial charge on any atom is 0.573 e. The first kappa shape index (κ1) is 25.9. The minimum Gasteiger partial charge on any atom is -0.406 e. The molecular formula is C22H30F4N4O4. The van der Waals surface area contributed by atoms with Crippen molar-refractivity contribution in [2.24, 2.45) is 5.92 Å². The number of hydrogen-bond donors (Lipinski definition) is 2. The molecule has 1 aliphatic carbocycles. The van der Waals surface area contributed by atoms with Crippen LogP contribution in [0.2, 0.25) is 0 Å². The van der Waals surface area contributed by atoms with Crippen molar-refractivity contribution in [1.82, 2.24) is 20.4 Å². The van der Waals surface area contributed by atoms with Crippen LogP contribution in [0, 0.1) is 11.7 Å². The van der Waals surface area contributed by atoms with Crippen molar-refractivity contribution in [2.75, 3.05) is 33.4 Å². The van der Waals surface area contributed by atoms with Crippen molar-refractivity contribution in [3.63, 3.8) is 0 Å². The Bertz CT molecular complexity index is 866. The molecule has 4 amide bonds. The van der Waals surface area contributed by atoms with Gasteiger partial charge >= 0.3 is 18.4 Å². The number of halogens is 4. The van der Waals surface area contributed by atoms with E-state index < -0.39 is 24.0 Å². The third-order valence-corrected chi connectivity index (χ3v) is 5.79. The zero-order valence-corrected chi connectivity index (χ0v) is 19.2. The van der Waals surface area contributed by atoms with Gasteiger partial charge in [-0.1, -0.05) is 6.07 Å². The quantitative estimate of drug-likeness (QED) is 0.547. The molecule has 1 aromatic carbocycles. The molecule has 12 heteroatoms. The topological polar surface area (TPSA) is 83.1 Å². The number of rotatable bonds is 8. The van der Waals surface area contributed by atoms with Crippen LogP contribution >= 0.6 is 0 Å². The molecule has 3 rings (SSSR count). The van der Waals surface area contributed by atoms with Gasteiger partial charge in [0.15, 0.2) is 0 Å². The molecule has 0 bridgehead atoms. The maximum atomic E-state index is 14.3. The van der Waals surface area contributed by atoms with Crippen LogP contribution in [0.15, 0.2) is 18.2 Å². The lowest BCUT2D eigenvalue weighted by Crippen LogP contribution is -2.58. The lowest BCUT2D eigenvalue weighted by molar-refractivity contribution is -0.274. The number of likely N-dealkylation sites (tertiary alicyclic amines) is 1. The van der Waals surface area contributed by atoms with E-state index in [9.17, 15) is 27.2 Å². The summed E-state index contributed by atoms with van der Waals surface area (Å²) < 4.78 is 60.3. The van der Waals surface area contributed by atoms with Crippen LogP contribution in [0.3, 0.4) is 0 Å². The molecule has 0 unspecified atom stereocenters. The number of carbonyl (C=O) groups excluding carboxylic acids is 2. The highest BCUT2D eigenvalue weighted by molar-refractivity contribution is 5.76. The second-order valence-corrected chi connectivity index (χ2v) is 8.55. The first-order valence-electron chi connectivity index (χ1n) is 11.2. The molecule has 2 fully saturated rings. The third-order valence-electron chi connectivity index (χ3n) is 5.79. The number of piperidine rings is 1. The molecule has 0 spiro atoms. The standard InChI is InChI=1S/C22H30F4N4O4/c1-3-27-20(31)29-11-14(13-33-2)8-17(12-29)30(16-5-6-16)21(32)28-10-15-4-7-18(9-19(15)23)34-22(24,25)26/h4,7,9,14,16-17H,3,5-6,8,10-13H2,1-2H3,(H,27,31)(H,28,32)/t14-,17+/m1/s1. The zero-order chi connectivity index (χ0) is 24.9. The number of urea groups is 2. The first-order chi connectivity index (χ1) is 16.1. The minimum atomic E-state index is -4.92. The number of ether oxygens (including phenoxy) is 2. The molecule has 1 saturated carbocycles. The molecule has 1 heterocycles. The lowest BCUT2D eigenvalue weighted by atomic mass is 9.94. The average Bonchev–Trinajstić information content (AvgIpc) is 3.57. The first-order valence-corrected chi connectivity index (χ1v) is 11.2. The zero-order valence-electron chi connectivity index (χ0n) is 19.2. The summed E-state index contributed by atoms with van der Waals surface area (Å²) in [7, 11) is 1.59. The normalized spacial score (nSPS) is 20.6. The molecule has 2 atom stereocenters. The largest absolute Gasteiger partial charge is 0.573 e. The number of nitrogens with zero attached hydrogens (tertiary/aromatic N) is 2. The predicted octanol–water partition coefficient (Wildman–Crippen LogP) is 3.46. The van der Waals surface area contributed by atoms with Crippen molar-refractivity contribution >= 4 is 12.1 Å². The number of methoxy groups -OCH3 is 1. The third kappa shape index (κ3) is 7.12. The van der Waals surface area contributed by atoms with Gasteiger partial charge in [0.05, 0.1) is 12.6 Å². The molecule has 2 N–H and O–H groups in total. The number of alkyl halides is 3. The van der Waals surface area contributed by atoms with Gasteiger partial charge in [-0.05, 0) is 32.3 Å². The van der Waals surface area contributed by atoms with E-state index in [4.69, 9.17) is 4.74 Å². The van der Waals surface area contributed by atoms with Crippen LogP contribution in [0.25, 0.3) is 0 Å². The molecular weight excluding hydrogens is 460 g/mol. The van der Waals surface area contributed by atoms with E-state index in [-0.39, 0.29) is 36.1 Å². The van der Waals surface area contributed by atoms with Gasteiger partial charge in [-0.2, -0.15) is 0 Å². The molecule has 1 saturated heterocycles. The van der Waals surface area contributed by atoms with E-state index in [0.29, 0.717) is 38.7 Å². The lowest BCUT2D eigenvalue weighted by Gasteiger charge is -2.42. The van der Waals surface area contributed by atoms with E-state index in [1.807, 2.05) is 6.92 Å².